The Bertz CT molecular complexity index is 857. The van der Waals surface area contributed by atoms with Crippen molar-refractivity contribution in [3.8, 4) is 0 Å². The van der Waals surface area contributed by atoms with Gasteiger partial charge in [0.25, 0.3) is 5.91 Å². The largest absolute Gasteiger partial charge is 0.346 e. The van der Waals surface area contributed by atoms with Crippen LogP contribution in [0.25, 0.3) is 0 Å². The zero-order valence-corrected chi connectivity index (χ0v) is 14.8. The molecule has 0 aliphatic carbocycles. The van der Waals surface area contributed by atoms with Crippen molar-refractivity contribution in [1.82, 2.24) is 0 Å². The van der Waals surface area contributed by atoms with Crippen molar-refractivity contribution in [2.45, 2.75) is 26.7 Å². The number of nitro groups is 2. The maximum Gasteiger partial charge on any atom is 0.346 e. The zero-order chi connectivity index (χ0) is 19.4. The summed E-state index contributed by atoms with van der Waals surface area (Å²) in [7, 11) is 1.60. The molecule has 0 bridgehead atoms. The second kappa shape index (κ2) is 7.73. The lowest BCUT2D eigenvalue weighted by Gasteiger charge is -2.23. The van der Waals surface area contributed by atoms with Crippen molar-refractivity contribution >= 4 is 23.0 Å². The molecule has 0 unspecified atom stereocenters. The summed E-state index contributed by atoms with van der Waals surface area (Å²) >= 11 is 0. The fraction of sp³-hybridized carbons (Fsp3) is 0.278. The van der Waals surface area contributed by atoms with Gasteiger partial charge in [-0.25, -0.2) is 0 Å². The fourth-order valence-corrected chi connectivity index (χ4v) is 2.90. The molecule has 0 aliphatic rings. The molecule has 2 rings (SSSR count). The van der Waals surface area contributed by atoms with Crippen LogP contribution in [-0.2, 0) is 12.8 Å². The third-order valence-corrected chi connectivity index (χ3v) is 4.22. The van der Waals surface area contributed by atoms with Crippen LogP contribution in [0.4, 0.5) is 17.1 Å². The van der Waals surface area contributed by atoms with Gasteiger partial charge in [-0.05, 0) is 30.0 Å². The highest BCUT2D eigenvalue weighted by atomic mass is 16.6. The number of benzene rings is 2. The summed E-state index contributed by atoms with van der Waals surface area (Å²) in [6, 6.07) is 8.97. The molecular weight excluding hydrogens is 338 g/mol. The maximum absolute atomic E-state index is 12.9. The monoisotopic (exact) mass is 357 g/mol. The van der Waals surface area contributed by atoms with Crippen LogP contribution >= 0.6 is 0 Å². The molecule has 2 aromatic rings. The predicted octanol–water partition coefficient (Wildman–Crippen LogP) is 3.90. The Morgan fingerprint density at radius 3 is 1.96 bits per heavy atom. The summed E-state index contributed by atoms with van der Waals surface area (Å²) in [5.41, 5.74) is 1.42. The first-order valence-corrected chi connectivity index (χ1v) is 8.13. The lowest BCUT2D eigenvalue weighted by atomic mass is 10.0. The van der Waals surface area contributed by atoms with Crippen LogP contribution in [0, 0.1) is 20.2 Å². The Labute approximate surface area is 150 Å². The molecule has 0 N–H and O–H groups in total. The number of aryl methyl sites for hydroxylation is 2. The summed E-state index contributed by atoms with van der Waals surface area (Å²) in [6.07, 6.45) is 1.45. The van der Waals surface area contributed by atoms with Crippen molar-refractivity contribution in [2.75, 3.05) is 11.9 Å². The number of amides is 1. The molecule has 0 aliphatic heterocycles. The Morgan fingerprint density at radius 2 is 1.50 bits per heavy atom. The number of para-hydroxylation sites is 1. The van der Waals surface area contributed by atoms with Crippen molar-refractivity contribution in [3.63, 3.8) is 0 Å². The number of hydrogen-bond acceptors (Lipinski definition) is 5. The molecule has 0 radical (unpaired) electrons. The quantitative estimate of drug-likeness (QED) is 0.575. The van der Waals surface area contributed by atoms with E-state index in [-0.39, 0.29) is 5.56 Å². The highest BCUT2D eigenvalue weighted by Gasteiger charge is 2.27. The number of carbonyl (C=O) groups is 1. The van der Waals surface area contributed by atoms with Crippen LogP contribution in [0.15, 0.2) is 36.4 Å². The van der Waals surface area contributed by atoms with E-state index in [9.17, 15) is 25.0 Å². The smallest absolute Gasteiger partial charge is 0.311 e. The van der Waals surface area contributed by atoms with Gasteiger partial charge in [-0.15, -0.1) is 0 Å². The van der Waals surface area contributed by atoms with E-state index in [1.165, 1.54) is 11.0 Å². The minimum Gasteiger partial charge on any atom is -0.311 e. The summed E-state index contributed by atoms with van der Waals surface area (Å²) in [6.45, 7) is 3.96. The standard InChI is InChI=1S/C18H19N3O5/c1-4-12-7-6-8-13(5-2)17(12)19(3)18(22)14-9-10-15(20(23)24)16(11-14)21(25)26/h6-11H,4-5H2,1-3H3. The van der Waals surface area contributed by atoms with Crippen LogP contribution in [0.1, 0.15) is 35.3 Å². The molecule has 8 heteroatoms. The molecule has 0 saturated carbocycles. The van der Waals surface area contributed by atoms with Gasteiger partial charge in [-0.2, -0.15) is 0 Å². The molecule has 0 spiro atoms. The SMILES string of the molecule is CCc1cccc(CC)c1N(C)C(=O)c1ccc([N+](=O)[O-])c([N+](=O)[O-])c1. The molecule has 0 fully saturated rings. The van der Waals surface area contributed by atoms with E-state index in [4.69, 9.17) is 0 Å². The molecule has 0 saturated heterocycles. The van der Waals surface area contributed by atoms with Gasteiger partial charge in [-0.1, -0.05) is 32.0 Å². The number of nitro benzene ring substituents is 2. The van der Waals surface area contributed by atoms with Crippen LogP contribution in [0.2, 0.25) is 0 Å². The van der Waals surface area contributed by atoms with Gasteiger partial charge in [0.2, 0.25) is 0 Å². The van der Waals surface area contributed by atoms with Crippen molar-refractivity contribution in [2.24, 2.45) is 0 Å². The average molecular weight is 357 g/mol. The number of anilines is 1. The lowest BCUT2D eigenvalue weighted by molar-refractivity contribution is -0.422. The Balaban J connectivity index is 2.52. The van der Waals surface area contributed by atoms with Gasteiger partial charge >= 0.3 is 11.4 Å². The van der Waals surface area contributed by atoms with Gasteiger partial charge in [0, 0.05) is 30.4 Å². The van der Waals surface area contributed by atoms with Gasteiger partial charge < -0.3 is 4.90 Å². The van der Waals surface area contributed by atoms with E-state index >= 15 is 0 Å². The van der Waals surface area contributed by atoms with E-state index < -0.39 is 27.1 Å². The molecule has 26 heavy (non-hydrogen) atoms. The summed E-state index contributed by atoms with van der Waals surface area (Å²) in [5, 5.41) is 22.1. The second-order valence-electron chi connectivity index (χ2n) is 5.71. The summed E-state index contributed by atoms with van der Waals surface area (Å²) in [5.74, 6) is -0.460. The van der Waals surface area contributed by atoms with E-state index in [0.29, 0.717) is 0 Å². The number of carbonyl (C=O) groups excluding carboxylic acids is 1. The first-order valence-electron chi connectivity index (χ1n) is 8.13. The Kier molecular flexibility index (Phi) is 5.66. The zero-order valence-electron chi connectivity index (χ0n) is 14.8. The van der Waals surface area contributed by atoms with Gasteiger partial charge in [0.15, 0.2) is 0 Å². The van der Waals surface area contributed by atoms with E-state index in [1.807, 2.05) is 32.0 Å². The van der Waals surface area contributed by atoms with Crippen molar-refractivity contribution < 1.29 is 14.6 Å². The molecule has 136 valence electrons. The van der Waals surface area contributed by atoms with Crippen LogP contribution < -0.4 is 4.90 Å². The minimum atomic E-state index is -0.855. The predicted molar refractivity (Wildman–Crippen MR) is 97.7 cm³/mol. The molecule has 8 nitrogen and oxygen atoms in total. The summed E-state index contributed by atoms with van der Waals surface area (Å²) in [4.78, 5) is 34.7. The first kappa shape index (κ1) is 19.0. The molecular formula is C18H19N3O5. The molecule has 0 atom stereocenters. The maximum atomic E-state index is 12.9. The van der Waals surface area contributed by atoms with E-state index in [0.717, 1.165) is 41.8 Å². The lowest BCUT2D eigenvalue weighted by Crippen LogP contribution is -2.28. The van der Waals surface area contributed by atoms with Gasteiger partial charge in [0.1, 0.15) is 0 Å². The van der Waals surface area contributed by atoms with E-state index in [2.05, 4.69) is 0 Å². The Morgan fingerprint density at radius 1 is 0.962 bits per heavy atom. The topological polar surface area (TPSA) is 107 Å². The summed E-state index contributed by atoms with van der Waals surface area (Å²) < 4.78 is 0. The normalized spacial score (nSPS) is 10.4. The van der Waals surface area contributed by atoms with Crippen LogP contribution in [0.5, 0.6) is 0 Å². The first-order chi connectivity index (χ1) is 12.3. The van der Waals surface area contributed by atoms with E-state index in [1.54, 1.807) is 7.05 Å². The fourth-order valence-electron chi connectivity index (χ4n) is 2.90. The molecule has 0 aromatic heterocycles. The van der Waals surface area contributed by atoms with Gasteiger partial charge in [0.05, 0.1) is 9.85 Å². The number of hydrogen-bond donors (Lipinski definition) is 0. The Hall–Kier alpha value is -3.29. The number of rotatable bonds is 6. The van der Waals surface area contributed by atoms with Crippen LogP contribution in [-0.4, -0.2) is 22.8 Å². The second-order valence-corrected chi connectivity index (χ2v) is 5.71. The van der Waals surface area contributed by atoms with Crippen molar-refractivity contribution in [1.29, 1.82) is 0 Å². The van der Waals surface area contributed by atoms with Gasteiger partial charge in [-0.3, -0.25) is 25.0 Å². The molecule has 0 heterocycles. The minimum absolute atomic E-state index is 0.0257. The highest BCUT2D eigenvalue weighted by molar-refractivity contribution is 6.07. The molecule has 1 amide bonds. The number of nitrogens with zero attached hydrogens (tertiary/aromatic N) is 3. The highest BCUT2D eigenvalue weighted by Crippen LogP contribution is 2.30. The third kappa shape index (κ3) is 3.53. The third-order valence-electron chi connectivity index (χ3n) is 4.22. The average Bonchev–Trinajstić information content (AvgIpc) is 2.65. The molecule has 2 aromatic carbocycles. The van der Waals surface area contributed by atoms with Crippen LogP contribution in [0.3, 0.4) is 0 Å². The van der Waals surface area contributed by atoms with Crippen molar-refractivity contribution in [3.05, 3.63) is 73.3 Å².